The van der Waals surface area contributed by atoms with E-state index in [0.29, 0.717) is 18.0 Å². The van der Waals surface area contributed by atoms with Gasteiger partial charge in [0.05, 0.1) is 5.52 Å². The first-order valence-corrected chi connectivity index (χ1v) is 5.64. The summed E-state index contributed by atoms with van der Waals surface area (Å²) in [5, 5.41) is 0. The molecule has 0 spiro atoms. The van der Waals surface area contributed by atoms with Gasteiger partial charge in [0.25, 0.3) is 0 Å². The molecule has 1 aromatic carbocycles. The van der Waals surface area contributed by atoms with Gasteiger partial charge >= 0.3 is 0 Å². The van der Waals surface area contributed by atoms with Crippen LogP contribution in [0.2, 0.25) is 0 Å². The van der Waals surface area contributed by atoms with Gasteiger partial charge in [-0.1, -0.05) is 20.3 Å². The van der Waals surface area contributed by atoms with E-state index in [4.69, 9.17) is 5.73 Å². The van der Waals surface area contributed by atoms with Crippen molar-refractivity contribution in [2.45, 2.75) is 26.8 Å². The van der Waals surface area contributed by atoms with Crippen LogP contribution in [-0.4, -0.2) is 9.55 Å². The summed E-state index contributed by atoms with van der Waals surface area (Å²) in [7, 11) is 0. The molecule has 0 aliphatic carbocycles. The zero-order valence-electron chi connectivity index (χ0n) is 9.87. The molecule has 0 radical (unpaired) electrons. The maximum Gasteiger partial charge on any atom is 0.201 e. The highest BCUT2D eigenvalue weighted by Crippen LogP contribution is 2.24. The number of nitrogen functional groups attached to an aromatic ring is 1. The van der Waals surface area contributed by atoms with Gasteiger partial charge < -0.3 is 10.3 Å². The van der Waals surface area contributed by atoms with Gasteiger partial charge in [-0.3, -0.25) is 0 Å². The molecule has 1 heterocycles. The summed E-state index contributed by atoms with van der Waals surface area (Å²) >= 11 is 0. The predicted octanol–water partition coefficient (Wildman–Crippen LogP) is 2.94. The summed E-state index contributed by atoms with van der Waals surface area (Å²) in [6.45, 7) is 4.61. The maximum absolute atomic E-state index is 13.7. The second-order valence-corrected chi connectivity index (χ2v) is 4.32. The number of fused-ring (bicyclic) bond motifs is 1. The number of benzene rings is 1. The van der Waals surface area contributed by atoms with Gasteiger partial charge in [0.2, 0.25) is 5.95 Å². The fourth-order valence-corrected chi connectivity index (χ4v) is 1.80. The summed E-state index contributed by atoms with van der Waals surface area (Å²) in [6, 6.07) is 2.51. The molecule has 5 heteroatoms. The number of aromatic nitrogens is 2. The molecule has 0 bridgehead atoms. The van der Waals surface area contributed by atoms with Gasteiger partial charge in [-0.05, 0) is 18.1 Å². The molecule has 17 heavy (non-hydrogen) atoms. The zero-order chi connectivity index (χ0) is 12.6. The topological polar surface area (TPSA) is 43.8 Å². The average Bonchev–Trinajstić information content (AvgIpc) is 2.61. The predicted molar refractivity (Wildman–Crippen MR) is 63.5 cm³/mol. The summed E-state index contributed by atoms with van der Waals surface area (Å²) in [5.74, 6) is -1.19. The molecule has 1 aromatic heterocycles. The minimum Gasteiger partial charge on any atom is -0.369 e. The van der Waals surface area contributed by atoms with Gasteiger partial charge in [-0.25, -0.2) is 13.8 Å². The molecule has 2 N–H and O–H groups in total. The van der Waals surface area contributed by atoms with Crippen LogP contribution < -0.4 is 5.73 Å². The molecular formula is C12H15F2N3. The molecule has 2 aromatic rings. The molecule has 0 aliphatic heterocycles. The van der Waals surface area contributed by atoms with Gasteiger partial charge in [0, 0.05) is 6.54 Å². The molecule has 3 nitrogen and oxygen atoms in total. The molecule has 1 atom stereocenters. The lowest BCUT2D eigenvalue weighted by atomic mass is 10.1. The van der Waals surface area contributed by atoms with Gasteiger partial charge in [-0.2, -0.15) is 0 Å². The van der Waals surface area contributed by atoms with Crippen LogP contribution in [0.3, 0.4) is 0 Å². The number of anilines is 1. The van der Waals surface area contributed by atoms with Crippen molar-refractivity contribution in [3.05, 3.63) is 23.8 Å². The zero-order valence-corrected chi connectivity index (χ0v) is 9.87. The second-order valence-electron chi connectivity index (χ2n) is 4.32. The first kappa shape index (κ1) is 11.8. The third-order valence-electron chi connectivity index (χ3n) is 3.02. The lowest BCUT2D eigenvalue weighted by Gasteiger charge is -2.12. The minimum absolute atomic E-state index is 0.155. The van der Waals surface area contributed by atoms with Crippen molar-refractivity contribution in [1.29, 1.82) is 0 Å². The third kappa shape index (κ3) is 1.97. The Kier molecular flexibility index (Phi) is 3.00. The molecule has 92 valence electrons. The summed E-state index contributed by atoms with van der Waals surface area (Å²) in [4.78, 5) is 4.04. The van der Waals surface area contributed by atoms with Gasteiger partial charge in [-0.15, -0.1) is 0 Å². The Morgan fingerprint density at radius 2 is 2.12 bits per heavy atom. The van der Waals surface area contributed by atoms with Crippen molar-refractivity contribution in [1.82, 2.24) is 9.55 Å². The summed E-state index contributed by atoms with van der Waals surface area (Å²) < 4.78 is 28.5. The van der Waals surface area contributed by atoms with Crippen LogP contribution in [0.5, 0.6) is 0 Å². The lowest BCUT2D eigenvalue weighted by Crippen LogP contribution is -2.10. The summed E-state index contributed by atoms with van der Waals surface area (Å²) in [6.07, 6.45) is 0.941. The Labute approximate surface area is 98.2 Å². The molecule has 2 rings (SSSR count). The van der Waals surface area contributed by atoms with Crippen LogP contribution in [0.4, 0.5) is 14.7 Å². The number of nitrogens with two attached hydrogens (primary N) is 1. The number of rotatable bonds is 3. The molecule has 0 aliphatic rings. The van der Waals surface area contributed by atoms with E-state index in [1.54, 1.807) is 4.57 Å². The third-order valence-corrected chi connectivity index (χ3v) is 3.02. The van der Waals surface area contributed by atoms with Gasteiger partial charge in [0.15, 0.2) is 11.6 Å². The number of halogens is 2. The van der Waals surface area contributed by atoms with E-state index in [1.165, 1.54) is 6.07 Å². The maximum atomic E-state index is 13.7. The highest BCUT2D eigenvalue weighted by molar-refractivity contribution is 5.79. The van der Waals surface area contributed by atoms with Crippen LogP contribution in [0, 0.1) is 17.6 Å². The number of imidazole rings is 1. The fourth-order valence-electron chi connectivity index (χ4n) is 1.80. The van der Waals surface area contributed by atoms with E-state index in [9.17, 15) is 8.78 Å². The van der Waals surface area contributed by atoms with E-state index in [2.05, 4.69) is 4.98 Å². The van der Waals surface area contributed by atoms with Crippen molar-refractivity contribution in [3.63, 3.8) is 0 Å². The summed E-state index contributed by atoms with van der Waals surface area (Å²) in [5.41, 5.74) is 6.29. The smallest absolute Gasteiger partial charge is 0.201 e. The van der Waals surface area contributed by atoms with E-state index < -0.39 is 11.6 Å². The first-order chi connectivity index (χ1) is 8.04. The van der Waals surface area contributed by atoms with Gasteiger partial charge in [0.1, 0.15) is 5.52 Å². The fraction of sp³-hybridized carbons (Fsp3) is 0.417. The molecular weight excluding hydrogens is 224 g/mol. The van der Waals surface area contributed by atoms with E-state index in [0.717, 1.165) is 12.5 Å². The number of hydrogen-bond acceptors (Lipinski definition) is 2. The Morgan fingerprint density at radius 1 is 1.41 bits per heavy atom. The van der Waals surface area contributed by atoms with Crippen molar-refractivity contribution >= 4 is 17.0 Å². The SMILES string of the molecule is CCC(C)Cn1c(N)nc2ccc(F)c(F)c21. The van der Waals surface area contributed by atoms with Crippen LogP contribution in [0.25, 0.3) is 11.0 Å². The second kappa shape index (κ2) is 4.31. The molecule has 1 unspecified atom stereocenters. The Hall–Kier alpha value is -1.65. The van der Waals surface area contributed by atoms with E-state index in [-0.39, 0.29) is 11.5 Å². The Morgan fingerprint density at radius 3 is 2.76 bits per heavy atom. The van der Waals surface area contributed by atoms with Crippen molar-refractivity contribution in [2.24, 2.45) is 5.92 Å². The Bertz CT molecular complexity index is 548. The van der Waals surface area contributed by atoms with Crippen molar-refractivity contribution in [3.8, 4) is 0 Å². The average molecular weight is 239 g/mol. The molecule has 0 fully saturated rings. The van der Waals surface area contributed by atoms with Crippen molar-refractivity contribution in [2.75, 3.05) is 5.73 Å². The van der Waals surface area contributed by atoms with Crippen LogP contribution >= 0.6 is 0 Å². The van der Waals surface area contributed by atoms with E-state index >= 15 is 0 Å². The van der Waals surface area contributed by atoms with E-state index in [1.807, 2.05) is 13.8 Å². The quantitative estimate of drug-likeness (QED) is 0.894. The molecule has 0 saturated heterocycles. The molecule has 0 amide bonds. The lowest BCUT2D eigenvalue weighted by molar-refractivity contribution is 0.469. The molecule has 0 saturated carbocycles. The highest BCUT2D eigenvalue weighted by atomic mass is 19.2. The van der Waals surface area contributed by atoms with Crippen LogP contribution in [0.1, 0.15) is 20.3 Å². The standard InChI is InChI=1S/C12H15F2N3/c1-3-7(2)6-17-11-9(16-12(17)15)5-4-8(13)10(11)14/h4-5,7H,3,6H2,1-2H3,(H2,15,16). The van der Waals surface area contributed by atoms with Crippen molar-refractivity contribution < 1.29 is 8.78 Å². The first-order valence-electron chi connectivity index (χ1n) is 5.64. The number of nitrogens with zero attached hydrogens (tertiary/aromatic N) is 2. The Balaban J connectivity index is 2.60. The van der Waals surface area contributed by atoms with Crippen LogP contribution in [0.15, 0.2) is 12.1 Å². The normalized spacial score (nSPS) is 13.2. The van der Waals surface area contributed by atoms with Crippen LogP contribution in [-0.2, 0) is 6.54 Å². The number of hydrogen-bond donors (Lipinski definition) is 1. The monoisotopic (exact) mass is 239 g/mol. The largest absolute Gasteiger partial charge is 0.369 e. The highest BCUT2D eigenvalue weighted by Gasteiger charge is 2.16. The minimum atomic E-state index is -0.880.